The van der Waals surface area contributed by atoms with Crippen molar-refractivity contribution in [1.82, 2.24) is 15.5 Å². The fourth-order valence-electron chi connectivity index (χ4n) is 2.01. The van der Waals surface area contributed by atoms with Crippen molar-refractivity contribution in [3.05, 3.63) is 23.0 Å². The lowest BCUT2D eigenvalue weighted by atomic mass is 9.99. The van der Waals surface area contributed by atoms with Gasteiger partial charge in [0.05, 0.1) is 11.4 Å². The highest BCUT2D eigenvalue weighted by Crippen LogP contribution is 2.21. The van der Waals surface area contributed by atoms with Gasteiger partial charge in [0.2, 0.25) is 0 Å². The van der Waals surface area contributed by atoms with Gasteiger partial charge in [-0.2, -0.15) is 10.2 Å². The summed E-state index contributed by atoms with van der Waals surface area (Å²) in [5.74, 6) is 0. The summed E-state index contributed by atoms with van der Waals surface area (Å²) in [5, 5.41) is 12.0. The van der Waals surface area contributed by atoms with Gasteiger partial charge in [-0.15, -0.1) is 0 Å². The minimum Gasteiger partial charge on any atom is -0.310 e. The molecule has 3 nitrogen and oxygen atoms in total. The van der Waals surface area contributed by atoms with Crippen LogP contribution >= 0.6 is 0 Å². The van der Waals surface area contributed by atoms with E-state index in [9.17, 15) is 0 Å². The molecular formula is C13H23N3. The largest absolute Gasteiger partial charge is 0.310 e. The first kappa shape index (κ1) is 13.1. The predicted octanol–water partition coefficient (Wildman–Crippen LogP) is 2.80. The van der Waals surface area contributed by atoms with Gasteiger partial charge in [0.15, 0.2) is 0 Å². The van der Waals surface area contributed by atoms with E-state index in [1.54, 1.807) is 0 Å². The Balaban J connectivity index is 3.00. The second-order valence-electron chi connectivity index (χ2n) is 4.14. The van der Waals surface area contributed by atoms with Crippen LogP contribution in [0.1, 0.15) is 56.6 Å². The van der Waals surface area contributed by atoms with E-state index in [2.05, 4.69) is 42.4 Å². The van der Waals surface area contributed by atoms with Crippen molar-refractivity contribution in [2.45, 2.75) is 53.0 Å². The van der Waals surface area contributed by atoms with Crippen molar-refractivity contribution in [2.24, 2.45) is 0 Å². The molecule has 0 aliphatic heterocycles. The Morgan fingerprint density at radius 3 is 2.56 bits per heavy atom. The Hall–Kier alpha value is -0.960. The van der Waals surface area contributed by atoms with Crippen LogP contribution in [0.3, 0.4) is 0 Å². The van der Waals surface area contributed by atoms with Crippen LogP contribution in [0.25, 0.3) is 0 Å². The summed E-state index contributed by atoms with van der Waals surface area (Å²) in [6, 6.07) is 2.61. The summed E-state index contributed by atoms with van der Waals surface area (Å²) in [6.45, 7) is 9.51. The summed E-state index contributed by atoms with van der Waals surface area (Å²) in [4.78, 5) is 0. The van der Waals surface area contributed by atoms with E-state index < -0.39 is 0 Å². The molecule has 1 unspecified atom stereocenters. The highest BCUT2D eigenvalue weighted by atomic mass is 15.1. The smallest absolute Gasteiger partial charge is 0.0676 e. The number of nitrogens with one attached hydrogen (secondary N) is 1. The topological polar surface area (TPSA) is 37.8 Å². The van der Waals surface area contributed by atoms with E-state index in [0.29, 0.717) is 6.04 Å². The lowest BCUT2D eigenvalue weighted by Crippen LogP contribution is -2.22. The molecule has 1 atom stereocenters. The Bertz CT molecular complexity index is 317. The summed E-state index contributed by atoms with van der Waals surface area (Å²) in [7, 11) is 0. The first-order valence-electron chi connectivity index (χ1n) is 6.29. The van der Waals surface area contributed by atoms with Crippen LogP contribution in [0.4, 0.5) is 0 Å². The van der Waals surface area contributed by atoms with Crippen molar-refractivity contribution in [2.75, 3.05) is 6.54 Å². The number of aryl methyl sites for hydroxylation is 2. The molecule has 0 radical (unpaired) electrons. The number of rotatable bonds is 6. The normalized spacial score (nSPS) is 12.8. The zero-order chi connectivity index (χ0) is 12.0. The molecule has 3 heteroatoms. The Labute approximate surface area is 98.7 Å². The van der Waals surface area contributed by atoms with Crippen LogP contribution in [0.15, 0.2) is 6.07 Å². The standard InChI is InChI=1S/C13H23N3/c1-5-8-13(14-7-3)11-9-10(4)15-16-12(11)6-2/h9,13-14H,5-8H2,1-4H3. The third-order valence-electron chi connectivity index (χ3n) is 2.76. The lowest BCUT2D eigenvalue weighted by Gasteiger charge is -2.19. The minimum atomic E-state index is 0.430. The van der Waals surface area contributed by atoms with Gasteiger partial charge in [-0.25, -0.2) is 0 Å². The van der Waals surface area contributed by atoms with E-state index in [1.807, 2.05) is 6.92 Å². The molecule has 1 aromatic heterocycles. The van der Waals surface area contributed by atoms with E-state index in [4.69, 9.17) is 0 Å². The predicted molar refractivity (Wildman–Crippen MR) is 67.5 cm³/mol. The van der Waals surface area contributed by atoms with Gasteiger partial charge < -0.3 is 5.32 Å². The second kappa shape index (κ2) is 6.59. The number of aromatic nitrogens is 2. The molecule has 0 fully saturated rings. The van der Waals surface area contributed by atoms with Crippen LogP contribution in [-0.4, -0.2) is 16.7 Å². The maximum Gasteiger partial charge on any atom is 0.0676 e. The molecule has 1 N–H and O–H groups in total. The number of hydrogen-bond donors (Lipinski definition) is 1. The number of hydrogen-bond acceptors (Lipinski definition) is 3. The van der Waals surface area contributed by atoms with Gasteiger partial charge in [0.1, 0.15) is 0 Å². The fraction of sp³-hybridized carbons (Fsp3) is 0.692. The van der Waals surface area contributed by atoms with E-state index in [1.165, 1.54) is 12.0 Å². The molecule has 0 aliphatic rings. The third kappa shape index (κ3) is 3.27. The summed E-state index contributed by atoms with van der Waals surface area (Å²) < 4.78 is 0. The SMILES string of the molecule is CCCC(NCC)c1cc(C)nnc1CC. The van der Waals surface area contributed by atoms with Crippen LogP contribution in [-0.2, 0) is 6.42 Å². The fourth-order valence-corrected chi connectivity index (χ4v) is 2.01. The summed E-state index contributed by atoms with van der Waals surface area (Å²) >= 11 is 0. The maximum absolute atomic E-state index is 4.29. The van der Waals surface area contributed by atoms with Crippen LogP contribution in [0.2, 0.25) is 0 Å². The van der Waals surface area contributed by atoms with E-state index in [-0.39, 0.29) is 0 Å². The highest BCUT2D eigenvalue weighted by molar-refractivity contribution is 5.24. The molecule has 0 amide bonds. The molecule has 90 valence electrons. The molecule has 0 aromatic carbocycles. The monoisotopic (exact) mass is 221 g/mol. The third-order valence-corrected chi connectivity index (χ3v) is 2.76. The van der Waals surface area contributed by atoms with Crippen molar-refractivity contribution >= 4 is 0 Å². The van der Waals surface area contributed by atoms with Gasteiger partial charge in [-0.1, -0.05) is 27.2 Å². The Morgan fingerprint density at radius 1 is 1.25 bits per heavy atom. The average Bonchev–Trinajstić information content (AvgIpc) is 2.29. The lowest BCUT2D eigenvalue weighted by molar-refractivity contribution is 0.501. The zero-order valence-corrected chi connectivity index (χ0v) is 10.9. The second-order valence-corrected chi connectivity index (χ2v) is 4.14. The molecule has 0 spiro atoms. The van der Waals surface area contributed by atoms with Crippen molar-refractivity contribution < 1.29 is 0 Å². The van der Waals surface area contributed by atoms with Crippen LogP contribution in [0, 0.1) is 6.92 Å². The Kier molecular flexibility index (Phi) is 5.39. The van der Waals surface area contributed by atoms with Crippen molar-refractivity contribution in [3.63, 3.8) is 0 Å². The average molecular weight is 221 g/mol. The van der Waals surface area contributed by atoms with Crippen LogP contribution in [0.5, 0.6) is 0 Å². The molecular weight excluding hydrogens is 198 g/mol. The first-order valence-corrected chi connectivity index (χ1v) is 6.29. The van der Waals surface area contributed by atoms with E-state index in [0.717, 1.165) is 30.8 Å². The summed E-state index contributed by atoms with van der Waals surface area (Å²) in [5.41, 5.74) is 3.47. The molecule has 1 heterocycles. The van der Waals surface area contributed by atoms with Crippen LogP contribution < -0.4 is 5.32 Å². The van der Waals surface area contributed by atoms with Gasteiger partial charge in [-0.05, 0) is 37.9 Å². The molecule has 16 heavy (non-hydrogen) atoms. The molecule has 0 saturated heterocycles. The highest BCUT2D eigenvalue weighted by Gasteiger charge is 2.14. The quantitative estimate of drug-likeness (QED) is 0.802. The first-order chi connectivity index (χ1) is 7.72. The van der Waals surface area contributed by atoms with E-state index >= 15 is 0 Å². The molecule has 1 rings (SSSR count). The van der Waals surface area contributed by atoms with Gasteiger partial charge in [0, 0.05) is 6.04 Å². The van der Waals surface area contributed by atoms with Gasteiger partial charge in [0.25, 0.3) is 0 Å². The molecule has 1 aromatic rings. The zero-order valence-electron chi connectivity index (χ0n) is 10.9. The molecule has 0 aliphatic carbocycles. The van der Waals surface area contributed by atoms with Gasteiger partial charge >= 0.3 is 0 Å². The van der Waals surface area contributed by atoms with Crippen molar-refractivity contribution in [3.8, 4) is 0 Å². The minimum absolute atomic E-state index is 0.430. The van der Waals surface area contributed by atoms with Crippen molar-refractivity contribution in [1.29, 1.82) is 0 Å². The number of nitrogens with zero attached hydrogens (tertiary/aromatic N) is 2. The molecule has 0 saturated carbocycles. The van der Waals surface area contributed by atoms with Gasteiger partial charge in [-0.3, -0.25) is 0 Å². The Morgan fingerprint density at radius 2 is 2.00 bits per heavy atom. The molecule has 0 bridgehead atoms. The maximum atomic E-state index is 4.29. The summed E-state index contributed by atoms with van der Waals surface area (Å²) in [6.07, 6.45) is 3.29.